The van der Waals surface area contributed by atoms with Gasteiger partial charge in [-0.1, -0.05) is 6.07 Å². The molecule has 1 aliphatic rings. The smallest absolute Gasteiger partial charge is 0.128 e. The van der Waals surface area contributed by atoms with E-state index in [0.29, 0.717) is 6.10 Å². The van der Waals surface area contributed by atoms with Crippen molar-refractivity contribution >= 4 is 5.82 Å². The van der Waals surface area contributed by atoms with Crippen molar-refractivity contribution in [2.45, 2.75) is 58.7 Å². The molecule has 1 fully saturated rings. The van der Waals surface area contributed by atoms with Crippen molar-refractivity contribution in [3.05, 3.63) is 23.4 Å². The molecule has 0 spiro atoms. The third-order valence-corrected chi connectivity index (χ3v) is 4.09. The third-order valence-electron chi connectivity index (χ3n) is 4.09. The van der Waals surface area contributed by atoms with E-state index >= 15 is 0 Å². The van der Waals surface area contributed by atoms with Gasteiger partial charge >= 0.3 is 0 Å². The zero-order chi connectivity index (χ0) is 15.5. The number of piperidine rings is 1. The van der Waals surface area contributed by atoms with Gasteiger partial charge in [0.1, 0.15) is 5.82 Å². The Labute approximate surface area is 128 Å². The van der Waals surface area contributed by atoms with Gasteiger partial charge in [0, 0.05) is 38.0 Å². The highest BCUT2D eigenvalue weighted by atomic mass is 16.5. The molecule has 2 rings (SSSR count). The predicted octanol–water partition coefficient (Wildman–Crippen LogP) is 2.89. The highest BCUT2D eigenvalue weighted by Gasteiger charge is 2.20. The maximum Gasteiger partial charge on any atom is 0.128 e. The summed E-state index contributed by atoms with van der Waals surface area (Å²) in [5.74, 6) is 1.10. The normalized spacial score (nSPS) is 17.3. The first-order chi connectivity index (χ1) is 9.89. The number of nitrogens with zero attached hydrogens (tertiary/aromatic N) is 2. The molecule has 2 heterocycles. The Kier molecular flexibility index (Phi) is 5.22. The molecule has 1 aromatic heterocycles. The Balaban J connectivity index is 1.99. The number of hydrogen-bond donors (Lipinski definition) is 1. The van der Waals surface area contributed by atoms with Crippen LogP contribution in [0.5, 0.6) is 0 Å². The second kappa shape index (κ2) is 6.75. The molecule has 0 bridgehead atoms. The largest absolute Gasteiger partial charge is 0.381 e. The van der Waals surface area contributed by atoms with Gasteiger partial charge in [0.2, 0.25) is 0 Å². The monoisotopic (exact) mass is 291 g/mol. The summed E-state index contributed by atoms with van der Waals surface area (Å²) in [5.41, 5.74) is 2.53. The topological polar surface area (TPSA) is 37.4 Å². The fourth-order valence-electron chi connectivity index (χ4n) is 2.62. The predicted molar refractivity (Wildman–Crippen MR) is 87.8 cm³/mol. The first-order valence-corrected chi connectivity index (χ1v) is 7.88. The van der Waals surface area contributed by atoms with E-state index in [0.717, 1.165) is 44.0 Å². The van der Waals surface area contributed by atoms with Gasteiger partial charge in [-0.15, -0.1) is 0 Å². The van der Waals surface area contributed by atoms with Crippen LogP contribution in [0.25, 0.3) is 0 Å². The lowest BCUT2D eigenvalue weighted by atomic mass is 10.1. The van der Waals surface area contributed by atoms with E-state index in [9.17, 15) is 0 Å². The molecule has 4 nitrogen and oxygen atoms in total. The van der Waals surface area contributed by atoms with Gasteiger partial charge in [-0.05, 0) is 52.2 Å². The second-order valence-electron chi connectivity index (χ2n) is 6.94. The summed E-state index contributed by atoms with van der Waals surface area (Å²) in [7, 11) is 1.81. The molecule has 0 unspecified atom stereocenters. The van der Waals surface area contributed by atoms with Crippen LogP contribution < -0.4 is 10.2 Å². The molecular formula is C17H29N3O. The zero-order valence-corrected chi connectivity index (χ0v) is 14.1. The van der Waals surface area contributed by atoms with Crippen molar-refractivity contribution in [3.8, 4) is 0 Å². The number of hydrogen-bond acceptors (Lipinski definition) is 4. The van der Waals surface area contributed by atoms with Crippen LogP contribution in [0.1, 0.15) is 44.9 Å². The summed E-state index contributed by atoms with van der Waals surface area (Å²) in [6.07, 6.45) is 2.59. The highest BCUT2D eigenvalue weighted by Crippen LogP contribution is 2.21. The summed E-state index contributed by atoms with van der Waals surface area (Å²) < 4.78 is 5.43. The number of aryl methyl sites for hydroxylation is 1. The van der Waals surface area contributed by atoms with E-state index < -0.39 is 0 Å². The van der Waals surface area contributed by atoms with Gasteiger partial charge in [0.25, 0.3) is 0 Å². The molecule has 1 saturated heterocycles. The molecular weight excluding hydrogens is 262 g/mol. The minimum Gasteiger partial charge on any atom is -0.381 e. The Hall–Kier alpha value is -1.13. The first-order valence-electron chi connectivity index (χ1n) is 7.88. The van der Waals surface area contributed by atoms with Gasteiger partial charge in [-0.25, -0.2) is 4.98 Å². The van der Waals surface area contributed by atoms with E-state index in [2.05, 4.69) is 50.0 Å². The molecule has 1 aromatic rings. The molecule has 118 valence electrons. The van der Waals surface area contributed by atoms with Crippen molar-refractivity contribution in [3.63, 3.8) is 0 Å². The third kappa shape index (κ3) is 4.68. The van der Waals surface area contributed by atoms with Crippen LogP contribution in [-0.2, 0) is 11.3 Å². The first kappa shape index (κ1) is 16.2. The minimum absolute atomic E-state index is 0.132. The number of aromatic nitrogens is 1. The summed E-state index contributed by atoms with van der Waals surface area (Å²) in [4.78, 5) is 7.16. The minimum atomic E-state index is 0.132. The fraction of sp³-hybridized carbons (Fsp3) is 0.706. The van der Waals surface area contributed by atoms with Crippen molar-refractivity contribution in [1.82, 2.24) is 10.3 Å². The zero-order valence-electron chi connectivity index (χ0n) is 14.1. The van der Waals surface area contributed by atoms with Gasteiger partial charge in [0.15, 0.2) is 0 Å². The molecule has 0 saturated carbocycles. The lowest BCUT2D eigenvalue weighted by molar-refractivity contribution is 0.0818. The number of pyridine rings is 1. The van der Waals surface area contributed by atoms with E-state index in [1.54, 1.807) is 7.11 Å². The quantitative estimate of drug-likeness (QED) is 0.925. The van der Waals surface area contributed by atoms with Crippen molar-refractivity contribution in [2.24, 2.45) is 0 Å². The molecule has 21 heavy (non-hydrogen) atoms. The van der Waals surface area contributed by atoms with Gasteiger partial charge in [-0.3, -0.25) is 0 Å². The number of nitrogens with one attached hydrogen (secondary N) is 1. The van der Waals surface area contributed by atoms with Gasteiger partial charge < -0.3 is 15.0 Å². The highest BCUT2D eigenvalue weighted by molar-refractivity contribution is 5.42. The standard InChI is InChI=1S/C17H29N3O/c1-13-14(12-18-17(2,3)4)6-7-16(19-13)20-10-8-15(21-5)9-11-20/h6-7,15,18H,8-12H2,1-5H3. The maximum absolute atomic E-state index is 5.43. The van der Waals surface area contributed by atoms with Crippen LogP contribution in [0, 0.1) is 6.92 Å². The van der Waals surface area contributed by atoms with Gasteiger partial charge in [-0.2, -0.15) is 0 Å². The molecule has 0 aromatic carbocycles. The Morgan fingerprint density at radius 1 is 1.29 bits per heavy atom. The molecule has 4 heteroatoms. The average molecular weight is 291 g/mol. The van der Waals surface area contributed by atoms with E-state index in [1.165, 1.54) is 5.56 Å². The van der Waals surface area contributed by atoms with Crippen LogP contribution in [0.2, 0.25) is 0 Å². The van der Waals surface area contributed by atoms with Crippen LogP contribution >= 0.6 is 0 Å². The lowest BCUT2D eigenvalue weighted by Crippen LogP contribution is -2.37. The van der Waals surface area contributed by atoms with Crippen molar-refractivity contribution < 1.29 is 4.74 Å². The maximum atomic E-state index is 5.43. The molecule has 1 N–H and O–H groups in total. The van der Waals surface area contributed by atoms with Crippen molar-refractivity contribution in [1.29, 1.82) is 0 Å². The fourth-order valence-corrected chi connectivity index (χ4v) is 2.62. The molecule has 0 atom stereocenters. The summed E-state index contributed by atoms with van der Waals surface area (Å²) in [6.45, 7) is 11.6. The Bertz CT molecular complexity index is 460. The van der Waals surface area contributed by atoms with E-state index in [-0.39, 0.29) is 5.54 Å². The van der Waals surface area contributed by atoms with Crippen LogP contribution in [0.4, 0.5) is 5.82 Å². The number of ether oxygens (including phenoxy) is 1. The summed E-state index contributed by atoms with van der Waals surface area (Å²) in [5, 5.41) is 3.52. The Morgan fingerprint density at radius 2 is 1.95 bits per heavy atom. The van der Waals surface area contributed by atoms with Gasteiger partial charge in [0.05, 0.1) is 6.10 Å². The SMILES string of the molecule is COC1CCN(c2ccc(CNC(C)(C)C)c(C)n2)CC1. The number of rotatable bonds is 4. The number of anilines is 1. The molecule has 0 aliphatic carbocycles. The average Bonchev–Trinajstić information content (AvgIpc) is 2.45. The molecule has 0 radical (unpaired) electrons. The van der Waals surface area contributed by atoms with E-state index in [1.807, 2.05) is 0 Å². The summed E-state index contributed by atoms with van der Waals surface area (Å²) >= 11 is 0. The Morgan fingerprint density at radius 3 is 2.48 bits per heavy atom. The summed E-state index contributed by atoms with van der Waals surface area (Å²) in [6, 6.07) is 4.36. The molecule has 1 aliphatic heterocycles. The van der Waals surface area contributed by atoms with E-state index in [4.69, 9.17) is 9.72 Å². The van der Waals surface area contributed by atoms with Crippen LogP contribution in [-0.4, -0.2) is 36.8 Å². The number of methoxy groups -OCH3 is 1. The van der Waals surface area contributed by atoms with Crippen LogP contribution in [0.3, 0.4) is 0 Å². The molecule has 0 amide bonds. The second-order valence-corrected chi connectivity index (χ2v) is 6.94. The van der Waals surface area contributed by atoms with Crippen LogP contribution in [0.15, 0.2) is 12.1 Å². The van der Waals surface area contributed by atoms with Crippen molar-refractivity contribution in [2.75, 3.05) is 25.1 Å². The lowest BCUT2D eigenvalue weighted by Gasteiger charge is -2.32.